The van der Waals surface area contributed by atoms with Crippen LogP contribution in [-0.2, 0) is 6.42 Å². The molecule has 0 amide bonds. The summed E-state index contributed by atoms with van der Waals surface area (Å²) in [5.41, 5.74) is 1.04. The van der Waals surface area contributed by atoms with Gasteiger partial charge in [-0.25, -0.2) is 9.37 Å². The summed E-state index contributed by atoms with van der Waals surface area (Å²) in [5, 5.41) is 12.9. The van der Waals surface area contributed by atoms with Crippen molar-refractivity contribution in [1.29, 1.82) is 0 Å². The lowest BCUT2D eigenvalue weighted by Gasteiger charge is -2.12. The lowest BCUT2D eigenvalue weighted by molar-refractivity contribution is 0.173. The Morgan fingerprint density at radius 1 is 1.53 bits per heavy atom. The van der Waals surface area contributed by atoms with Crippen molar-refractivity contribution in [2.75, 3.05) is 0 Å². The molecular weight excluding hydrogens is 261 g/mol. The molecule has 1 aromatic heterocycles. The van der Waals surface area contributed by atoms with Crippen LogP contribution in [0.15, 0.2) is 23.6 Å². The van der Waals surface area contributed by atoms with Gasteiger partial charge in [-0.15, -0.1) is 11.3 Å². The fraction of sp³-hybridized carbons (Fsp3) is 0.250. The molecule has 5 heteroatoms. The van der Waals surface area contributed by atoms with E-state index in [1.165, 1.54) is 23.5 Å². The maximum atomic E-state index is 13.5. The number of aryl methyl sites for hydroxylation is 1. The molecule has 0 aliphatic rings. The highest BCUT2D eigenvalue weighted by molar-refractivity contribution is 7.09. The van der Waals surface area contributed by atoms with E-state index in [1.807, 2.05) is 12.3 Å². The summed E-state index contributed by atoms with van der Waals surface area (Å²) in [6.07, 6.45) is -0.687. The maximum absolute atomic E-state index is 13.5. The molecule has 1 unspecified atom stereocenters. The van der Waals surface area contributed by atoms with E-state index in [0.29, 0.717) is 0 Å². The molecule has 0 aliphatic heterocycles. The molecule has 17 heavy (non-hydrogen) atoms. The van der Waals surface area contributed by atoms with Crippen LogP contribution >= 0.6 is 22.9 Å². The van der Waals surface area contributed by atoms with Gasteiger partial charge in [0, 0.05) is 28.1 Å². The Hall–Kier alpha value is -0.970. The van der Waals surface area contributed by atoms with Crippen LogP contribution in [0.2, 0.25) is 5.02 Å². The van der Waals surface area contributed by atoms with Gasteiger partial charge in [-0.3, -0.25) is 0 Å². The molecule has 90 valence electrons. The summed E-state index contributed by atoms with van der Waals surface area (Å²) in [5.74, 6) is -0.488. The lowest BCUT2D eigenvalue weighted by atomic mass is 10.1. The molecule has 2 rings (SSSR count). The summed E-state index contributed by atoms with van der Waals surface area (Å²) in [4.78, 5) is 4.23. The van der Waals surface area contributed by atoms with Crippen LogP contribution in [0.5, 0.6) is 0 Å². The minimum Gasteiger partial charge on any atom is -0.388 e. The van der Waals surface area contributed by atoms with E-state index in [2.05, 4.69) is 4.98 Å². The Morgan fingerprint density at radius 2 is 2.29 bits per heavy atom. The average molecular weight is 272 g/mol. The zero-order valence-corrected chi connectivity index (χ0v) is 10.7. The quantitative estimate of drug-likeness (QED) is 0.927. The third-order valence-corrected chi connectivity index (χ3v) is 3.69. The van der Waals surface area contributed by atoms with E-state index in [0.717, 1.165) is 10.7 Å². The molecule has 0 saturated carbocycles. The van der Waals surface area contributed by atoms with E-state index in [-0.39, 0.29) is 17.0 Å². The van der Waals surface area contributed by atoms with Crippen molar-refractivity contribution in [2.45, 2.75) is 19.4 Å². The topological polar surface area (TPSA) is 33.1 Å². The number of nitrogens with zero attached hydrogens (tertiary/aromatic N) is 1. The smallest absolute Gasteiger partial charge is 0.130 e. The Labute approximate surface area is 108 Å². The van der Waals surface area contributed by atoms with Gasteiger partial charge in [-0.1, -0.05) is 17.7 Å². The maximum Gasteiger partial charge on any atom is 0.130 e. The molecule has 0 saturated heterocycles. The van der Waals surface area contributed by atoms with Gasteiger partial charge in [0.2, 0.25) is 0 Å². The van der Waals surface area contributed by atoms with Crippen LogP contribution in [0.25, 0.3) is 0 Å². The minimum absolute atomic E-state index is 0.141. The molecule has 2 nitrogen and oxygen atoms in total. The van der Waals surface area contributed by atoms with Crippen LogP contribution in [0.4, 0.5) is 4.39 Å². The first kappa shape index (κ1) is 12.5. The third-order valence-electron chi connectivity index (χ3n) is 2.37. The minimum atomic E-state index is -0.964. The molecule has 1 atom stereocenters. The molecule has 0 aliphatic carbocycles. The van der Waals surface area contributed by atoms with Crippen molar-refractivity contribution in [3.05, 3.63) is 50.7 Å². The second-order valence-electron chi connectivity index (χ2n) is 3.74. The van der Waals surface area contributed by atoms with Crippen molar-refractivity contribution >= 4 is 22.9 Å². The second-order valence-corrected chi connectivity index (χ2v) is 5.09. The first-order valence-corrected chi connectivity index (χ1v) is 6.36. The Balaban J connectivity index is 2.22. The van der Waals surface area contributed by atoms with Crippen LogP contribution in [-0.4, -0.2) is 10.1 Å². The number of halogens is 2. The van der Waals surface area contributed by atoms with E-state index in [9.17, 15) is 9.50 Å². The fourth-order valence-electron chi connectivity index (χ4n) is 1.59. The third kappa shape index (κ3) is 2.83. The standard InChI is InChI=1S/C12H11ClFNOS/c1-7-6-17-11(15-7)5-10(16)12-8(13)3-2-4-9(12)14/h2-4,6,10,16H,5H2,1H3. The van der Waals surface area contributed by atoms with Crippen molar-refractivity contribution < 1.29 is 9.50 Å². The van der Waals surface area contributed by atoms with Crippen molar-refractivity contribution in [3.8, 4) is 0 Å². The zero-order valence-electron chi connectivity index (χ0n) is 9.15. The van der Waals surface area contributed by atoms with Crippen molar-refractivity contribution in [2.24, 2.45) is 0 Å². The number of aliphatic hydroxyl groups is 1. The Morgan fingerprint density at radius 3 is 2.88 bits per heavy atom. The number of hydrogen-bond acceptors (Lipinski definition) is 3. The Kier molecular flexibility index (Phi) is 3.76. The monoisotopic (exact) mass is 271 g/mol. The first-order chi connectivity index (χ1) is 8.08. The highest BCUT2D eigenvalue weighted by atomic mass is 35.5. The summed E-state index contributed by atoms with van der Waals surface area (Å²) >= 11 is 7.33. The highest BCUT2D eigenvalue weighted by Crippen LogP contribution is 2.28. The van der Waals surface area contributed by atoms with E-state index in [1.54, 1.807) is 6.07 Å². The summed E-state index contributed by atoms with van der Waals surface area (Å²) in [6.45, 7) is 1.88. The normalized spacial score (nSPS) is 12.7. The van der Waals surface area contributed by atoms with Crippen LogP contribution in [0.1, 0.15) is 22.4 Å². The van der Waals surface area contributed by atoms with Gasteiger partial charge in [0.15, 0.2) is 0 Å². The fourth-order valence-corrected chi connectivity index (χ4v) is 2.69. The lowest BCUT2D eigenvalue weighted by Crippen LogP contribution is -2.05. The largest absolute Gasteiger partial charge is 0.388 e. The number of aliphatic hydroxyl groups excluding tert-OH is 1. The summed E-state index contributed by atoms with van der Waals surface area (Å²) in [7, 11) is 0. The van der Waals surface area contributed by atoms with Gasteiger partial charge in [0.05, 0.1) is 11.1 Å². The highest BCUT2D eigenvalue weighted by Gasteiger charge is 2.18. The van der Waals surface area contributed by atoms with Gasteiger partial charge < -0.3 is 5.11 Å². The molecular formula is C12H11ClFNOS. The summed E-state index contributed by atoms with van der Waals surface area (Å²) < 4.78 is 13.5. The van der Waals surface area contributed by atoms with Gasteiger partial charge >= 0.3 is 0 Å². The number of thiazole rings is 1. The molecule has 1 heterocycles. The van der Waals surface area contributed by atoms with Crippen molar-refractivity contribution in [1.82, 2.24) is 4.98 Å². The second kappa shape index (κ2) is 5.12. The zero-order chi connectivity index (χ0) is 12.4. The average Bonchev–Trinajstić information content (AvgIpc) is 2.63. The van der Waals surface area contributed by atoms with Crippen LogP contribution in [0.3, 0.4) is 0 Å². The SMILES string of the molecule is Cc1csc(CC(O)c2c(F)cccc2Cl)n1. The van der Waals surface area contributed by atoms with Gasteiger partial charge in [-0.05, 0) is 19.1 Å². The van der Waals surface area contributed by atoms with E-state index >= 15 is 0 Å². The Bertz CT molecular complexity index is 509. The van der Waals surface area contributed by atoms with Gasteiger partial charge in [0.1, 0.15) is 5.82 Å². The van der Waals surface area contributed by atoms with Crippen molar-refractivity contribution in [3.63, 3.8) is 0 Å². The molecule has 0 spiro atoms. The number of rotatable bonds is 3. The van der Waals surface area contributed by atoms with E-state index < -0.39 is 11.9 Å². The van der Waals surface area contributed by atoms with E-state index in [4.69, 9.17) is 11.6 Å². The predicted octanol–water partition coefficient (Wildman–Crippen LogP) is 3.52. The molecule has 0 fully saturated rings. The van der Waals surface area contributed by atoms with Crippen LogP contribution in [0, 0.1) is 12.7 Å². The molecule has 0 bridgehead atoms. The molecule has 1 aromatic carbocycles. The van der Waals surface area contributed by atoms with Crippen LogP contribution < -0.4 is 0 Å². The number of aromatic nitrogens is 1. The summed E-state index contributed by atoms with van der Waals surface area (Å²) in [6, 6.07) is 4.37. The number of benzene rings is 1. The molecule has 0 radical (unpaired) electrons. The van der Waals surface area contributed by atoms with Gasteiger partial charge in [-0.2, -0.15) is 0 Å². The molecule has 1 N–H and O–H groups in total. The molecule has 2 aromatic rings. The first-order valence-electron chi connectivity index (χ1n) is 5.11. The predicted molar refractivity (Wildman–Crippen MR) is 66.9 cm³/mol. The van der Waals surface area contributed by atoms with Gasteiger partial charge in [0.25, 0.3) is 0 Å². The number of hydrogen-bond donors (Lipinski definition) is 1.